The van der Waals surface area contributed by atoms with Gasteiger partial charge < -0.3 is 19.9 Å². The monoisotopic (exact) mass is 414 g/mol. The fraction of sp³-hybridized carbons (Fsp3) is 0.455. The molecule has 8 nitrogen and oxygen atoms in total. The number of Topliss-reactive ketones (excluding diaryl/α,β-unsaturated/α-hetero) is 1. The van der Waals surface area contributed by atoms with Gasteiger partial charge in [-0.3, -0.25) is 9.78 Å². The third-order valence-electron chi connectivity index (χ3n) is 4.42. The van der Waals surface area contributed by atoms with Crippen molar-refractivity contribution in [2.75, 3.05) is 13.2 Å². The number of nitrogens with one attached hydrogen (secondary N) is 2. The Kier molecular flexibility index (Phi) is 7.37. The standard InChI is InChI=1S/C22H30N4O4/c1-7-30-20(28)19-14(2)18(15(3)24-19)17(27)13-26(21(29)25-22(4,5)6)12-16-8-10-23-11-9-16/h8-11,24H,7,12-13H2,1-6H3,(H,25,29). The number of ketones is 1. The Bertz CT molecular complexity index is 913. The van der Waals surface area contributed by atoms with Gasteiger partial charge in [-0.25, -0.2) is 9.59 Å². The van der Waals surface area contributed by atoms with Gasteiger partial charge in [-0.2, -0.15) is 0 Å². The summed E-state index contributed by atoms with van der Waals surface area (Å²) in [7, 11) is 0. The maximum Gasteiger partial charge on any atom is 0.355 e. The minimum absolute atomic E-state index is 0.133. The largest absolute Gasteiger partial charge is 0.461 e. The molecule has 0 fully saturated rings. The van der Waals surface area contributed by atoms with Crippen LogP contribution >= 0.6 is 0 Å². The topological polar surface area (TPSA) is 104 Å². The van der Waals surface area contributed by atoms with E-state index in [4.69, 9.17) is 4.74 Å². The summed E-state index contributed by atoms with van der Waals surface area (Å²) in [5, 5.41) is 2.90. The van der Waals surface area contributed by atoms with Crippen LogP contribution < -0.4 is 5.32 Å². The molecule has 0 aliphatic rings. The molecule has 0 radical (unpaired) electrons. The number of hydrogen-bond donors (Lipinski definition) is 2. The summed E-state index contributed by atoms with van der Waals surface area (Å²) < 4.78 is 5.05. The average molecular weight is 415 g/mol. The molecule has 30 heavy (non-hydrogen) atoms. The minimum Gasteiger partial charge on any atom is -0.461 e. The third kappa shape index (κ3) is 5.92. The normalized spacial score (nSPS) is 11.1. The molecule has 2 aromatic heterocycles. The molecule has 2 rings (SSSR count). The number of aryl methyl sites for hydroxylation is 1. The molecule has 0 atom stereocenters. The van der Waals surface area contributed by atoms with Crippen molar-refractivity contribution in [2.24, 2.45) is 0 Å². The highest BCUT2D eigenvalue weighted by atomic mass is 16.5. The van der Waals surface area contributed by atoms with Crippen molar-refractivity contribution in [2.45, 2.75) is 53.6 Å². The Morgan fingerprint density at radius 3 is 2.37 bits per heavy atom. The number of nitrogens with zero attached hydrogens (tertiary/aromatic N) is 2. The lowest BCUT2D eigenvalue weighted by Gasteiger charge is -2.28. The van der Waals surface area contributed by atoms with Gasteiger partial charge in [0, 0.05) is 35.7 Å². The number of aromatic nitrogens is 2. The predicted molar refractivity (Wildman–Crippen MR) is 113 cm³/mol. The van der Waals surface area contributed by atoms with Crippen molar-refractivity contribution in [3.8, 4) is 0 Å². The summed E-state index contributed by atoms with van der Waals surface area (Å²) in [5.74, 6) is -0.758. The van der Waals surface area contributed by atoms with E-state index in [0.29, 0.717) is 16.8 Å². The van der Waals surface area contributed by atoms with Crippen LogP contribution in [-0.4, -0.2) is 51.3 Å². The minimum atomic E-state index is -0.503. The Balaban J connectivity index is 2.29. The van der Waals surface area contributed by atoms with Crippen molar-refractivity contribution in [1.82, 2.24) is 20.2 Å². The first-order chi connectivity index (χ1) is 14.0. The molecule has 0 saturated heterocycles. The van der Waals surface area contributed by atoms with E-state index in [2.05, 4.69) is 15.3 Å². The molecular formula is C22H30N4O4. The molecule has 0 spiro atoms. The number of carbonyl (C=O) groups excluding carboxylic acids is 3. The second kappa shape index (κ2) is 9.56. The third-order valence-corrected chi connectivity index (χ3v) is 4.42. The summed E-state index contributed by atoms with van der Waals surface area (Å²) in [6, 6.07) is 3.25. The zero-order valence-electron chi connectivity index (χ0n) is 18.5. The van der Waals surface area contributed by atoms with Crippen molar-refractivity contribution < 1.29 is 19.1 Å². The molecule has 8 heteroatoms. The summed E-state index contributed by atoms with van der Waals surface area (Å²) in [4.78, 5) is 46.5. The van der Waals surface area contributed by atoms with Crippen LogP contribution in [0.15, 0.2) is 24.5 Å². The highest BCUT2D eigenvalue weighted by molar-refractivity contribution is 6.04. The highest BCUT2D eigenvalue weighted by Crippen LogP contribution is 2.20. The van der Waals surface area contributed by atoms with E-state index in [1.54, 1.807) is 45.3 Å². The highest BCUT2D eigenvalue weighted by Gasteiger charge is 2.27. The van der Waals surface area contributed by atoms with E-state index in [9.17, 15) is 14.4 Å². The van der Waals surface area contributed by atoms with Crippen molar-refractivity contribution >= 4 is 17.8 Å². The number of hydrogen-bond acceptors (Lipinski definition) is 5. The Labute approximate surface area is 177 Å². The van der Waals surface area contributed by atoms with E-state index in [0.717, 1.165) is 5.56 Å². The van der Waals surface area contributed by atoms with Gasteiger partial charge in [-0.15, -0.1) is 0 Å². The number of carbonyl (C=O) groups is 3. The van der Waals surface area contributed by atoms with Crippen LogP contribution in [0.1, 0.15) is 65.4 Å². The van der Waals surface area contributed by atoms with Gasteiger partial charge in [0.1, 0.15) is 5.69 Å². The average Bonchev–Trinajstić information content (AvgIpc) is 2.95. The van der Waals surface area contributed by atoms with Gasteiger partial charge in [0.2, 0.25) is 0 Å². The first kappa shape index (κ1) is 23.1. The molecule has 0 saturated carbocycles. The van der Waals surface area contributed by atoms with E-state index >= 15 is 0 Å². The number of urea groups is 1. The van der Waals surface area contributed by atoms with E-state index < -0.39 is 11.5 Å². The summed E-state index contributed by atoms with van der Waals surface area (Å²) in [5.41, 5.74) is 2.17. The van der Waals surface area contributed by atoms with E-state index in [1.807, 2.05) is 20.8 Å². The van der Waals surface area contributed by atoms with Crippen LogP contribution in [0.3, 0.4) is 0 Å². The molecule has 0 bridgehead atoms. The van der Waals surface area contributed by atoms with E-state index in [1.165, 1.54) is 4.90 Å². The Hall–Kier alpha value is -3.16. The molecule has 0 aliphatic heterocycles. The molecular weight excluding hydrogens is 384 g/mol. The fourth-order valence-corrected chi connectivity index (χ4v) is 3.14. The number of H-pyrrole nitrogens is 1. The van der Waals surface area contributed by atoms with Gasteiger partial charge in [-0.1, -0.05) is 0 Å². The van der Waals surface area contributed by atoms with Crippen LogP contribution in [0.25, 0.3) is 0 Å². The second-order valence-electron chi connectivity index (χ2n) is 8.16. The predicted octanol–water partition coefficient (Wildman–Crippen LogP) is 3.40. The molecule has 0 unspecified atom stereocenters. The number of ether oxygens (including phenoxy) is 1. The van der Waals surface area contributed by atoms with E-state index in [-0.39, 0.29) is 37.2 Å². The number of esters is 1. The number of amides is 2. The van der Waals surface area contributed by atoms with Crippen LogP contribution in [0.4, 0.5) is 4.79 Å². The van der Waals surface area contributed by atoms with Crippen molar-refractivity contribution in [1.29, 1.82) is 0 Å². The van der Waals surface area contributed by atoms with Gasteiger partial charge in [-0.05, 0) is 64.8 Å². The number of pyridine rings is 1. The first-order valence-electron chi connectivity index (χ1n) is 9.89. The lowest BCUT2D eigenvalue weighted by atomic mass is 10.0. The second-order valence-corrected chi connectivity index (χ2v) is 8.16. The molecule has 2 aromatic rings. The van der Waals surface area contributed by atoms with Crippen molar-refractivity contribution in [3.05, 3.63) is 52.6 Å². The van der Waals surface area contributed by atoms with Crippen LogP contribution in [0, 0.1) is 13.8 Å². The summed E-state index contributed by atoms with van der Waals surface area (Å²) in [6.45, 7) is 11.1. The molecule has 0 aliphatic carbocycles. The smallest absolute Gasteiger partial charge is 0.355 e. The maximum atomic E-state index is 13.1. The quantitative estimate of drug-likeness (QED) is 0.534. The molecule has 2 heterocycles. The van der Waals surface area contributed by atoms with Gasteiger partial charge in [0.05, 0.1) is 13.2 Å². The Morgan fingerprint density at radius 2 is 1.80 bits per heavy atom. The van der Waals surface area contributed by atoms with Crippen LogP contribution in [0.5, 0.6) is 0 Å². The van der Waals surface area contributed by atoms with Gasteiger partial charge >= 0.3 is 12.0 Å². The molecule has 0 aromatic carbocycles. The lowest BCUT2D eigenvalue weighted by Crippen LogP contribution is -2.49. The van der Waals surface area contributed by atoms with Crippen LogP contribution in [0.2, 0.25) is 0 Å². The first-order valence-corrected chi connectivity index (χ1v) is 9.89. The Morgan fingerprint density at radius 1 is 1.17 bits per heavy atom. The number of rotatable bonds is 7. The molecule has 2 N–H and O–H groups in total. The van der Waals surface area contributed by atoms with Crippen molar-refractivity contribution in [3.63, 3.8) is 0 Å². The van der Waals surface area contributed by atoms with Crippen LogP contribution in [-0.2, 0) is 11.3 Å². The SMILES string of the molecule is CCOC(=O)c1[nH]c(C)c(C(=O)CN(Cc2ccncc2)C(=O)NC(C)(C)C)c1C. The summed E-state index contributed by atoms with van der Waals surface area (Å²) >= 11 is 0. The van der Waals surface area contributed by atoms with Gasteiger partial charge in [0.15, 0.2) is 5.78 Å². The zero-order valence-corrected chi connectivity index (χ0v) is 18.5. The maximum absolute atomic E-state index is 13.1. The molecule has 2 amide bonds. The summed E-state index contributed by atoms with van der Waals surface area (Å²) in [6.07, 6.45) is 3.28. The molecule has 162 valence electrons. The number of aromatic amines is 1. The zero-order chi connectivity index (χ0) is 22.5. The van der Waals surface area contributed by atoms with Gasteiger partial charge in [0.25, 0.3) is 0 Å². The fourth-order valence-electron chi connectivity index (χ4n) is 3.14. The lowest BCUT2D eigenvalue weighted by molar-refractivity contribution is 0.0519.